The minimum Gasteiger partial charge on any atom is -0.308 e. The smallest absolute Gasteiger partial charge is 0.145 e. The predicted octanol–water partition coefficient (Wildman–Crippen LogP) is 8.25. The van der Waals surface area contributed by atoms with Crippen LogP contribution >= 0.6 is 0 Å². The topological polar surface area (TPSA) is 48.5 Å². The molecule has 0 bridgehead atoms. The van der Waals surface area contributed by atoms with Gasteiger partial charge in [-0.05, 0) is 54.6 Å². The lowest BCUT2D eigenvalue weighted by atomic mass is 10.1. The summed E-state index contributed by atoms with van der Waals surface area (Å²) in [6, 6.07) is 42.0. The number of nitrogens with zero attached hydrogens (tertiary/aromatic N) is 5. The third-order valence-corrected chi connectivity index (χ3v) is 7.49. The number of hydrogen-bond donors (Lipinski definition) is 0. The first kappa shape index (κ1) is 22.4. The maximum Gasteiger partial charge on any atom is 0.145 e. The Balaban J connectivity index is 1.42. The molecule has 40 heavy (non-hydrogen) atoms. The van der Waals surface area contributed by atoms with E-state index >= 15 is 0 Å². The van der Waals surface area contributed by atoms with Crippen LogP contribution in [0.4, 0.5) is 0 Å². The number of imidazole rings is 1. The van der Waals surface area contributed by atoms with Crippen LogP contribution in [-0.4, -0.2) is 24.1 Å². The molecule has 0 spiro atoms. The van der Waals surface area contributed by atoms with Gasteiger partial charge in [-0.15, -0.1) is 0 Å². The van der Waals surface area contributed by atoms with Crippen LogP contribution in [0.3, 0.4) is 0 Å². The molecule has 4 aromatic heterocycles. The molecule has 5 nitrogen and oxygen atoms in total. The van der Waals surface area contributed by atoms with Crippen molar-refractivity contribution < 1.29 is 0 Å². The Kier molecular flexibility index (Phi) is 5.07. The van der Waals surface area contributed by atoms with Crippen molar-refractivity contribution in [1.29, 1.82) is 0 Å². The Morgan fingerprint density at radius 3 is 2.00 bits per heavy atom. The van der Waals surface area contributed by atoms with Gasteiger partial charge in [-0.25, -0.2) is 4.98 Å². The lowest BCUT2D eigenvalue weighted by Gasteiger charge is -2.10. The highest BCUT2D eigenvalue weighted by molar-refractivity contribution is 6.20. The van der Waals surface area contributed by atoms with E-state index in [1.54, 1.807) is 12.4 Å². The van der Waals surface area contributed by atoms with E-state index in [2.05, 4.69) is 111 Å². The lowest BCUT2D eigenvalue weighted by molar-refractivity contribution is 1.10. The molecular formula is C35H23N5. The molecule has 0 unspecified atom stereocenters. The van der Waals surface area contributed by atoms with E-state index in [0.29, 0.717) is 0 Å². The Morgan fingerprint density at radius 1 is 0.500 bits per heavy atom. The van der Waals surface area contributed by atoms with Gasteiger partial charge in [-0.1, -0.05) is 66.7 Å². The summed E-state index contributed by atoms with van der Waals surface area (Å²) < 4.78 is 4.55. The highest BCUT2D eigenvalue weighted by atomic mass is 15.1. The molecule has 8 rings (SSSR count). The molecule has 5 heteroatoms. The summed E-state index contributed by atoms with van der Waals surface area (Å²) >= 11 is 0. The fourth-order valence-corrected chi connectivity index (χ4v) is 5.70. The summed E-state index contributed by atoms with van der Waals surface area (Å²) in [4.78, 5) is 14.3. The number of benzene rings is 4. The second kappa shape index (κ2) is 9.03. The Morgan fingerprint density at radius 2 is 1.23 bits per heavy atom. The molecule has 0 aliphatic rings. The van der Waals surface area contributed by atoms with Gasteiger partial charge in [0.2, 0.25) is 0 Å². The van der Waals surface area contributed by atoms with E-state index in [1.807, 2.05) is 30.5 Å². The number of aromatic nitrogens is 5. The summed E-state index contributed by atoms with van der Waals surface area (Å²) in [6.45, 7) is 0. The zero-order valence-electron chi connectivity index (χ0n) is 21.5. The molecule has 8 aromatic rings. The van der Waals surface area contributed by atoms with Crippen LogP contribution < -0.4 is 0 Å². The van der Waals surface area contributed by atoms with Crippen LogP contribution in [-0.2, 0) is 0 Å². The van der Waals surface area contributed by atoms with Crippen molar-refractivity contribution in [2.45, 2.75) is 0 Å². The van der Waals surface area contributed by atoms with Gasteiger partial charge >= 0.3 is 0 Å². The fourth-order valence-electron chi connectivity index (χ4n) is 5.70. The Bertz CT molecular complexity index is 2130. The van der Waals surface area contributed by atoms with Gasteiger partial charge in [0.05, 0.1) is 39.6 Å². The molecule has 0 aliphatic carbocycles. The van der Waals surface area contributed by atoms with Crippen LogP contribution in [0.5, 0.6) is 0 Å². The summed E-state index contributed by atoms with van der Waals surface area (Å²) in [5, 5.41) is 2.30. The standard InChI is InChI=1S/C35H23N5/c1-3-9-25(10-4-1)35-38-34-32(40(35)26-11-5-2-6-12-26)18-17-31-33(34)28-13-7-8-14-30(28)39(31)27-15-16-29(37-23-27)24-19-21-36-22-20-24/h1-23H. The number of hydrogen-bond acceptors (Lipinski definition) is 3. The van der Waals surface area contributed by atoms with Gasteiger partial charge in [0.15, 0.2) is 0 Å². The van der Waals surface area contributed by atoms with E-state index in [1.165, 1.54) is 5.39 Å². The Hall–Kier alpha value is -5.55. The van der Waals surface area contributed by atoms with Crippen molar-refractivity contribution in [2.24, 2.45) is 0 Å². The van der Waals surface area contributed by atoms with E-state index in [0.717, 1.165) is 61.5 Å². The van der Waals surface area contributed by atoms with E-state index in [9.17, 15) is 0 Å². The quantitative estimate of drug-likeness (QED) is 0.238. The molecule has 4 heterocycles. The molecule has 0 N–H and O–H groups in total. The molecule has 0 radical (unpaired) electrons. The van der Waals surface area contributed by atoms with Crippen LogP contribution in [0, 0.1) is 0 Å². The zero-order valence-corrected chi connectivity index (χ0v) is 21.5. The SMILES string of the molecule is c1ccc(-c2nc3c4c5ccccc5n(-c5ccc(-c6ccncc6)nc5)c4ccc3n2-c2ccccc2)cc1. The summed E-state index contributed by atoms with van der Waals surface area (Å²) in [5.41, 5.74) is 9.42. The van der Waals surface area contributed by atoms with Crippen molar-refractivity contribution in [3.05, 3.63) is 140 Å². The second-order valence-corrected chi connectivity index (χ2v) is 9.79. The largest absolute Gasteiger partial charge is 0.308 e. The highest BCUT2D eigenvalue weighted by Crippen LogP contribution is 2.39. The average Bonchev–Trinajstić information content (AvgIpc) is 3.59. The molecule has 0 fully saturated rings. The summed E-state index contributed by atoms with van der Waals surface area (Å²) in [5.74, 6) is 0.925. The predicted molar refractivity (Wildman–Crippen MR) is 162 cm³/mol. The first-order chi connectivity index (χ1) is 19.9. The lowest BCUT2D eigenvalue weighted by Crippen LogP contribution is -1.97. The minimum absolute atomic E-state index is 0.920. The molecule has 0 atom stereocenters. The maximum atomic E-state index is 5.33. The van der Waals surface area contributed by atoms with E-state index < -0.39 is 0 Å². The van der Waals surface area contributed by atoms with Crippen LogP contribution in [0.15, 0.2) is 140 Å². The summed E-state index contributed by atoms with van der Waals surface area (Å²) in [6.07, 6.45) is 5.53. The number of fused-ring (bicyclic) bond motifs is 5. The molecule has 4 aromatic carbocycles. The van der Waals surface area contributed by atoms with Gasteiger partial charge in [0.1, 0.15) is 5.82 Å². The second-order valence-electron chi connectivity index (χ2n) is 9.79. The van der Waals surface area contributed by atoms with Crippen molar-refractivity contribution in [3.8, 4) is 34.0 Å². The third-order valence-electron chi connectivity index (χ3n) is 7.49. The van der Waals surface area contributed by atoms with Gasteiger partial charge in [0.25, 0.3) is 0 Å². The number of para-hydroxylation sites is 2. The van der Waals surface area contributed by atoms with E-state index in [-0.39, 0.29) is 0 Å². The average molecular weight is 514 g/mol. The molecule has 0 amide bonds. The van der Waals surface area contributed by atoms with Gasteiger partial charge in [0, 0.05) is 40.0 Å². The Labute approximate surface area is 230 Å². The van der Waals surface area contributed by atoms with Crippen LogP contribution in [0.25, 0.3) is 66.9 Å². The van der Waals surface area contributed by atoms with Crippen molar-refractivity contribution in [1.82, 2.24) is 24.1 Å². The molecule has 0 saturated heterocycles. The minimum atomic E-state index is 0.920. The summed E-state index contributed by atoms with van der Waals surface area (Å²) in [7, 11) is 0. The molecule has 0 saturated carbocycles. The van der Waals surface area contributed by atoms with Crippen molar-refractivity contribution in [2.75, 3.05) is 0 Å². The number of rotatable bonds is 4. The third kappa shape index (κ3) is 3.45. The first-order valence-corrected chi connectivity index (χ1v) is 13.3. The van der Waals surface area contributed by atoms with Crippen LogP contribution in [0.1, 0.15) is 0 Å². The highest BCUT2D eigenvalue weighted by Gasteiger charge is 2.21. The fraction of sp³-hybridized carbons (Fsp3) is 0. The van der Waals surface area contributed by atoms with Crippen molar-refractivity contribution in [3.63, 3.8) is 0 Å². The van der Waals surface area contributed by atoms with Gasteiger partial charge in [-0.2, -0.15) is 0 Å². The normalized spacial score (nSPS) is 11.5. The maximum absolute atomic E-state index is 5.33. The van der Waals surface area contributed by atoms with Crippen LogP contribution in [0.2, 0.25) is 0 Å². The molecule has 0 aliphatic heterocycles. The molecular weight excluding hydrogens is 490 g/mol. The van der Waals surface area contributed by atoms with Gasteiger partial charge < -0.3 is 4.57 Å². The van der Waals surface area contributed by atoms with E-state index in [4.69, 9.17) is 9.97 Å². The monoisotopic (exact) mass is 513 g/mol. The molecule has 188 valence electrons. The number of pyridine rings is 2. The first-order valence-electron chi connectivity index (χ1n) is 13.3. The van der Waals surface area contributed by atoms with Crippen molar-refractivity contribution >= 4 is 32.8 Å². The van der Waals surface area contributed by atoms with Gasteiger partial charge in [-0.3, -0.25) is 14.5 Å². The zero-order chi connectivity index (χ0) is 26.5.